The number of hydrogen-bond acceptors (Lipinski definition) is 4. The summed E-state index contributed by atoms with van der Waals surface area (Å²) in [5, 5.41) is 0. The summed E-state index contributed by atoms with van der Waals surface area (Å²) in [6, 6.07) is 4.33. The molecular weight excluding hydrogens is 320 g/mol. The van der Waals surface area contributed by atoms with Gasteiger partial charge < -0.3 is 9.64 Å². The van der Waals surface area contributed by atoms with Crippen molar-refractivity contribution >= 4 is 23.3 Å². The summed E-state index contributed by atoms with van der Waals surface area (Å²) in [5.41, 5.74) is 0.971. The first kappa shape index (κ1) is 19.0. The van der Waals surface area contributed by atoms with E-state index in [1.54, 1.807) is 30.0 Å². The van der Waals surface area contributed by atoms with Crippen molar-refractivity contribution in [2.45, 2.75) is 46.6 Å². The molecule has 1 aliphatic rings. The van der Waals surface area contributed by atoms with E-state index in [0.29, 0.717) is 30.1 Å². The lowest BCUT2D eigenvalue weighted by Gasteiger charge is -2.36. The van der Waals surface area contributed by atoms with Gasteiger partial charge in [0.2, 0.25) is 5.91 Å². The van der Waals surface area contributed by atoms with E-state index in [1.165, 1.54) is 11.8 Å². The van der Waals surface area contributed by atoms with E-state index in [1.807, 2.05) is 13.8 Å². The Morgan fingerprint density at radius 2 is 1.88 bits per heavy atom. The molecule has 2 amide bonds. The fourth-order valence-corrected chi connectivity index (χ4v) is 3.06. The number of ketones is 1. The Labute approximate surface area is 148 Å². The van der Waals surface area contributed by atoms with Gasteiger partial charge in [-0.3, -0.25) is 19.3 Å². The molecule has 1 aliphatic heterocycles. The van der Waals surface area contributed by atoms with E-state index in [2.05, 4.69) is 0 Å². The molecule has 136 valence electrons. The van der Waals surface area contributed by atoms with Crippen molar-refractivity contribution < 1.29 is 19.1 Å². The minimum Gasteiger partial charge on any atom is -0.482 e. The topological polar surface area (TPSA) is 66.9 Å². The highest BCUT2D eigenvalue weighted by atomic mass is 16.5. The molecule has 0 bridgehead atoms. The number of benzene rings is 1. The van der Waals surface area contributed by atoms with Crippen LogP contribution >= 0.6 is 0 Å². The molecule has 1 atom stereocenters. The average Bonchev–Trinajstić information content (AvgIpc) is 2.59. The lowest BCUT2D eigenvalue weighted by Crippen LogP contribution is -2.52. The summed E-state index contributed by atoms with van der Waals surface area (Å²) >= 11 is 0. The number of Topliss-reactive ketones (excluding diaryl/α,β-unsaturated/α-hetero) is 1. The minimum atomic E-state index is -0.643. The first-order chi connectivity index (χ1) is 11.9. The Kier molecular flexibility index (Phi) is 6.17. The van der Waals surface area contributed by atoms with Crippen LogP contribution in [0.5, 0.6) is 5.75 Å². The SMILES string of the molecule is CCCN(CCC)C(=O)C(C)N1C(=O)COc2ccc(C(C)=O)cc21. The maximum absolute atomic E-state index is 12.9. The average molecular weight is 346 g/mol. The van der Waals surface area contributed by atoms with Gasteiger partial charge in [-0.1, -0.05) is 13.8 Å². The van der Waals surface area contributed by atoms with Gasteiger partial charge in [0.25, 0.3) is 5.91 Å². The Bertz CT molecular complexity index is 665. The van der Waals surface area contributed by atoms with Crippen LogP contribution in [0.15, 0.2) is 18.2 Å². The van der Waals surface area contributed by atoms with Crippen molar-refractivity contribution in [3.05, 3.63) is 23.8 Å². The van der Waals surface area contributed by atoms with Gasteiger partial charge in [-0.2, -0.15) is 0 Å². The first-order valence-corrected chi connectivity index (χ1v) is 8.79. The predicted molar refractivity (Wildman–Crippen MR) is 96.1 cm³/mol. The predicted octanol–water partition coefficient (Wildman–Crippen LogP) is 2.65. The van der Waals surface area contributed by atoms with Crippen LogP contribution < -0.4 is 9.64 Å². The molecule has 25 heavy (non-hydrogen) atoms. The summed E-state index contributed by atoms with van der Waals surface area (Å²) in [4.78, 5) is 40.3. The monoisotopic (exact) mass is 346 g/mol. The summed E-state index contributed by atoms with van der Waals surface area (Å²) in [6.45, 7) is 8.46. The summed E-state index contributed by atoms with van der Waals surface area (Å²) < 4.78 is 5.46. The molecule has 1 unspecified atom stereocenters. The maximum atomic E-state index is 12.9. The highest BCUT2D eigenvalue weighted by Crippen LogP contribution is 2.34. The molecule has 0 N–H and O–H groups in total. The van der Waals surface area contributed by atoms with Crippen molar-refractivity contribution in [3.8, 4) is 5.75 Å². The second-order valence-electron chi connectivity index (χ2n) is 6.29. The first-order valence-electron chi connectivity index (χ1n) is 8.79. The number of carbonyl (C=O) groups excluding carboxylic acids is 3. The molecule has 6 heteroatoms. The zero-order valence-corrected chi connectivity index (χ0v) is 15.4. The highest BCUT2D eigenvalue weighted by molar-refractivity contribution is 6.05. The highest BCUT2D eigenvalue weighted by Gasteiger charge is 2.35. The zero-order valence-electron chi connectivity index (χ0n) is 15.4. The van der Waals surface area contributed by atoms with Crippen LogP contribution in [0.25, 0.3) is 0 Å². The quantitative estimate of drug-likeness (QED) is 0.712. The normalized spacial score (nSPS) is 14.6. The van der Waals surface area contributed by atoms with Crippen molar-refractivity contribution in [2.75, 3.05) is 24.6 Å². The Hall–Kier alpha value is -2.37. The molecule has 0 spiro atoms. The molecular formula is C19H26N2O4. The number of amides is 2. The van der Waals surface area contributed by atoms with Gasteiger partial charge in [0, 0.05) is 18.7 Å². The number of nitrogens with zero attached hydrogens (tertiary/aromatic N) is 2. The van der Waals surface area contributed by atoms with Crippen molar-refractivity contribution in [1.82, 2.24) is 4.90 Å². The second-order valence-corrected chi connectivity index (χ2v) is 6.29. The van der Waals surface area contributed by atoms with Crippen LogP contribution in [0.4, 0.5) is 5.69 Å². The van der Waals surface area contributed by atoms with Gasteiger partial charge in [0.05, 0.1) is 5.69 Å². The fourth-order valence-electron chi connectivity index (χ4n) is 3.06. The summed E-state index contributed by atoms with van der Waals surface area (Å²) in [5.74, 6) is 0.0558. The minimum absolute atomic E-state index is 0.0851. The lowest BCUT2D eigenvalue weighted by atomic mass is 10.1. The summed E-state index contributed by atoms with van der Waals surface area (Å²) in [6.07, 6.45) is 1.72. The Morgan fingerprint density at radius 1 is 1.24 bits per heavy atom. The largest absolute Gasteiger partial charge is 0.482 e. The number of carbonyl (C=O) groups is 3. The van der Waals surface area contributed by atoms with Gasteiger partial charge in [-0.15, -0.1) is 0 Å². The molecule has 0 aliphatic carbocycles. The van der Waals surface area contributed by atoms with E-state index in [-0.39, 0.29) is 24.2 Å². The zero-order chi connectivity index (χ0) is 18.6. The molecule has 1 heterocycles. The van der Waals surface area contributed by atoms with Crippen molar-refractivity contribution in [2.24, 2.45) is 0 Å². The third-order valence-electron chi connectivity index (χ3n) is 4.29. The Balaban J connectivity index is 2.37. The standard InChI is InChI=1S/C19H26N2O4/c1-5-9-20(10-6-2)19(24)13(3)21-16-11-15(14(4)22)7-8-17(16)25-12-18(21)23/h7-8,11,13H,5-6,9-10,12H2,1-4H3. The number of fused-ring (bicyclic) bond motifs is 1. The van der Waals surface area contributed by atoms with Crippen molar-refractivity contribution in [1.29, 1.82) is 0 Å². The Morgan fingerprint density at radius 3 is 2.44 bits per heavy atom. The van der Waals surface area contributed by atoms with Gasteiger partial charge in [-0.05, 0) is 44.9 Å². The number of ether oxygens (including phenoxy) is 1. The smallest absolute Gasteiger partial charge is 0.265 e. The maximum Gasteiger partial charge on any atom is 0.265 e. The fraction of sp³-hybridized carbons (Fsp3) is 0.526. The third kappa shape index (κ3) is 4.00. The van der Waals surface area contributed by atoms with Crippen LogP contribution in [0.2, 0.25) is 0 Å². The van der Waals surface area contributed by atoms with Gasteiger partial charge in [-0.25, -0.2) is 0 Å². The third-order valence-corrected chi connectivity index (χ3v) is 4.29. The van der Waals surface area contributed by atoms with E-state index < -0.39 is 6.04 Å². The van der Waals surface area contributed by atoms with Crippen LogP contribution in [0, 0.1) is 0 Å². The molecule has 6 nitrogen and oxygen atoms in total. The van der Waals surface area contributed by atoms with Crippen molar-refractivity contribution in [3.63, 3.8) is 0 Å². The van der Waals surface area contributed by atoms with Crippen LogP contribution in [-0.4, -0.2) is 48.2 Å². The van der Waals surface area contributed by atoms with E-state index in [4.69, 9.17) is 4.74 Å². The molecule has 0 aromatic heterocycles. The molecule has 0 fully saturated rings. The molecule has 1 aromatic carbocycles. The van der Waals surface area contributed by atoms with Gasteiger partial charge in [0.1, 0.15) is 11.8 Å². The molecule has 0 radical (unpaired) electrons. The lowest BCUT2D eigenvalue weighted by molar-refractivity contribution is -0.134. The van der Waals surface area contributed by atoms with Gasteiger partial charge >= 0.3 is 0 Å². The van der Waals surface area contributed by atoms with E-state index >= 15 is 0 Å². The molecule has 2 rings (SSSR count). The van der Waals surface area contributed by atoms with Crippen LogP contribution in [0.3, 0.4) is 0 Å². The van der Waals surface area contributed by atoms with Crippen LogP contribution in [0.1, 0.15) is 50.9 Å². The number of rotatable bonds is 7. The number of anilines is 1. The molecule has 0 saturated heterocycles. The molecule has 0 saturated carbocycles. The summed E-state index contributed by atoms with van der Waals surface area (Å²) in [7, 11) is 0. The van der Waals surface area contributed by atoms with Crippen LogP contribution in [-0.2, 0) is 9.59 Å². The molecule has 1 aromatic rings. The van der Waals surface area contributed by atoms with E-state index in [9.17, 15) is 14.4 Å². The second kappa shape index (κ2) is 8.14. The van der Waals surface area contributed by atoms with Gasteiger partial charge in [0.15, 0.2) is 12.4 Å². The number of hydrogen-bond donors (Lipinski definition) is 0. The van der Waals surface area contributed by atoms with E-state index in [0.717, 1.165) is 12.8 Å².